The molecule has 4 rings (SSSR count). The molecule has 7 heteroatoms. The smallest absolute Gasteiger partial charge is 0.397 e. The van der Waals surface area contributed by atoms with Gasteiger partial charge in [0.15, 0.2) is 0 Å². The topological polar surface area (TPSA) is 69.4 Å². The van der Waals surface area contributed by atoms with Crippen LogP contribution in [0, 0.1) is 13.8 Å². The van der Waals surface area contributed by atoms with E-state index in [1.54, 1.807) is 6.92 Å². The number of aryl methyl sites for hydroxylation is 2. The Bertz CT molecular complexity index is 1050. The van der Waals surface area contributed by atoms with Crippen LogP contribution in [0.3, 0.4) is 0 Å². The number of benzene rings is 1. The first-order valence-corrected chi connectivity index (χ1v) is 9.27. The van der Waals surface area contributed by atoms with Gasteiger partial charge in [-0.15, -0.1) is 0 Å². The van der Waals surface area contributed by atoms with Crippen LogP contribution in [0.2, 0.25) is 0 Å². The van der Waals surface area contributed by atoms with Crippen LogP contribution in [0.15, 0.2) is 42.7 Å². The lowest BCUT2D eigenvalue weighted by atomic mass is 10.1. The molecule has 7 nitrogen and oxygen atoms in total. The fraction of sp³-hybridized carbons (Fsp3) is 0.286. The second-order valence-corrected chi connectivity index (χ2v) is 6.92. The Morgan fingerprint density at radius 3 is 2.57 bits per heavy atom. The number of esters is 1. The molecule has 0 N–H and O–H groups in total. The van der Waals surface area contributed by atoms with Crippen LogP contribution in [0.4, 0.5) is 0 Å². The van der Waals surface area contributed by atoms with E-state index in [1.165, 1.54) is 10.5 Å². The summed E-state index contributed by atoms with van der Waals surface area (Å²) in [5.41, 5.74) is 5.03. The van der Waals surface area contributed by atoms with E-state index in [9.17, 15) is 9.59 Å². The van der Waals surface area contributed by atoms with Crippen molar-refractivity contribution in [1.29, 1.82) is 0 Å². The molecule has 0 spiro atoms. The Kier molecular flexibility index (Phi) is 4.50. The van der Waals surface area contributed by atoms with Gasteiger partial charge in [0.25, 0.3) is 0 Å². The second kappa shape index (κ2) is 6.99. The Hall–Kier alpha value is -3.35. The summed E-state index contributed by atoms with van der Waals surface area (Å²) in [7, 11) is 0. The molecule has 0 radical (unpaired) electrons. The van der Waals surface area contributed by atoms with E-state index in [4.69, 9.17) is 9.84 Å². The minimum absolute atomic E-state index is 0.178. The van der Waals surface area contributed by atoms with Gasteiger partial charge in [-0.1, -0.05) is 17.7 Å². The van der Waals surface area contributed by atoms with Gasteiger partial charge in [0, 0.05) is 18.0 Å². The van der Waals surface area contributed by atoms with E-state index in [0.29, 0.717) is 13.1 Å². The molecule has 144 valence electrons. The van der Waals surface area contributed by atoms with Crippen LogP contribution in [-0.2, 0) is 27.4 Å². The van der Waals surface area contributed by atoms with Crippen molar-refractivity contribution >= 4 is 11.9 Å². The number of ether oxygens (including phenoxy) is 1. The monoisotopic (exact) mass is 378 g/mol. The SMILES string of the molecule is CCOC(=O)C(=O)N1Cc2nn(-c3ccc(C)cc3C)c(-n3cccc3)c2C1. The molecule has 0 saturated heterocycles. The summed E-state index contributed by atoms with van der Waals surface area (Å²) < 4.78 is 8.76. The first-order chi connectivity index (χ1) is 13.5. The predicted octanol–water partition coefficient (Wildman–Crippen LogP) is 2.69. The maximum atomic E-state index is 12.4. The van der Waals surface area contributed by atoms with E-state index < -0.39 is 11.9 Å². The lowest BCUT2D eigenvalue weighted by molar-refractivity contribution is -0.160. The van der Waals surface area contributed by atoms with E-state index >= 15 is 0 Å². The fourth-order valence-corrected chi connectivity index (χ4v) is 3.62. The van der Waals surface area contributed by atoms with Crippen molar-refractivity contribution in [3.8, 4) is 11.5 Å². The highest BCUT2D eigenvalue weighted by Gasteiger charge is 2.34. The molecule has 0 bridgehead atoms. The summed E-state index contributed by atoms with van der Waals surface area (Å²) in [6.07, 6.45) is 3.90. The molecule has 2 aromatic heterocycles. The first-order valence-electron chi connectivity index (χ1n) is 9.27. The van der Waals surface area contributed by atoms with Gasteiger partial charge in [-0.2, -0.15) is 5.10 Å². The largest absolute Gasteiger partial charge is 0.459 e. The molecule has 1 amide bonds. The molecule has 1 aromatic carbocycles. The second-order valence-electron chi connectivity index (χ2n) is 6.92. The maximum absolute atomic E-state index is 12.4. The number of carbonyl (C=O) groups is 2. The summed E-state index contributed by atoms with van der Waals surface area (Å²) in [6, 6.07) is 10.1. The standard InChI is InChI=1S/C21H22N4O3/c1-4-28-21(27)20(26)24-12-16-17(13-24)22-25(19(16)23-9-5-6-10-23)18-8-7-14(2)11-15(18)3/h5-11H,4,12-13H2,1-3H3. The van der Waals surface area contributed by atoms with Gasteiger partial charge in [0.2, 0.25) is 0 Å². The normalized spacial score (nSPS) is 12.9. The summed E-state index contributed by atoms with van der Waals surface area (Å²) >= 11 is 0. The predicted molar refractivity (Wildman–Crippen MR) is 103 cm³/mol. The van der Waals surface area contributed by atoms with Crippen molar-refractivity contribution in [2.75, 3.05) is 6.61 Å². The number of fused-ring (bicyclic) bond motifs is 1. The maximum Gasteiger partial charge on any atom is 0.397 e. The Morgan fingerprint density at radius 2 is 1.89 bits per heavy atom. The van der Waals surface area contributed by atoms with Crippen molar-refractivity contribution in [1.82, 2.24) is 19.2 Å². The van der Waals surface area contributed by atoms with E-state index in [-0.39, 0.29) is 6.61 Å². The molecule has 0 saturated carbocycles. The quantitative estimate of drug-likeness (QED) is 0.519. The third-order valence-corrected chi connectivity index (χ3v) is 4.90. The molecule has 3 heterocycles. The van der Waals surface area contributed by atoms with E-state index in [0.717, 1.165) is 28.3 Å². The molecular formula is C21H22N4O3. The lowest BCUT2D eigenvalue weighted by Crippen LogP contribution is -2.34. The third kappa shape index (κ3) is 2.98. The minimum atomic E-state index is -0.822. The van der Waals surface area contributed by atoms with Gasteiger partial charge < -0.3 is 14.2 Å². The van der Waals surface area contributed by atoms with Gasteiger partial charge in [0.05, 0.1) is 31.1 Å². The molecule has 0 unspecified atom stereocenters. The highest BCUT2D eigenvalue weighted by atomic mass is 16.5. The highest BCUT2D eigenvalue weighted by Crippen LogP contribution is 2.31. The van der Waals surface area contributed by atoms with Crippen LogP contribution in [0.5, 0.6) is 0 Å². The van der Waals surface area contributed by atoms with Gasteiger partial charge in [-0.3, -0.25) is 4.79 Å². The number of amides is 1. The number of aromatic nitrogens is 3. The molecule has 0 atom stereocenters. The summed E-state index contributed by atoms with van der Waals surface area (Å²) in [6.45, 7) is 6.60. The van der Waals surface area contributed by atoms with Gasteiger partial charge in [-0.25, -0.2) is 9.48 Å². The Balaban J connectivity index is 1.76. The number of hydrogen-bond donors (Lipinski definition) is 0. The van der Waals surface area contributed by atoms with Crippen LogP contribution in [0.1, 0.15) is 29.3 Å². The van der Waals surface area contributed by atoms with Gasteiger partial charge in [-0.05, 0) is 44.5 Å². The van der Waals surface area contributed by atoms with Crippen LogP contribution >= 0.6 is 0 Å². The first kappa shape index (κ1) is 18.0. The fourth-order valence-electron chi connectivity index (χ4n) is 3.62. The molecule has 3 aromatic rings. The van der Waals surface area contributed by atoms with E-state index in [2.05, 4.69) is 32.0 Å². The van der Waals surface area contributed by atoms with Gasteiger partial charge >= 0.3 is 11.9 Å². The molecule has 28 heavy (non-hydrogen) atoms. The molecular weight excluding hydrogens is 356 g/mol. The zero-order valence-electron chi connectivity index (χ0n) is 16.2. The number of nitrogens with zero attached hydrogens (tertiary/aromatic N) is 4. The zero-order valence-corrected chi connectivity index (χ0v) is 16.2. The zero-order chi connectivity index (χ0) is 19.8. The van der Waals surface area contributed by atoms with Crippen LogP contribution in [-0.4, -0.2) is 37.7 Å². The van der Waals surface area contributed by atoms with Crippen LogP contribution in [0.25, 0.3) is 11.5 Å². The number of hydrogen-bond acceptors (Lipinski definition) is 4. The van der Waals surface area contributed by atoms with E-state index in [1.807, 2.05) is 33.8 Å². The number of rotatable bonds is 3. The summed E-state index contributed by atoms with van der Waals surface area (Å²) in [5.74, 6) is -0.570. The van der Waals surface area contributed by atoms with Crippen LogP contribution < -0.4 is 0 Å². The number of carbonyl (C=O) groups excluding carboxylic acids is 2. The molecule has 0 fully saturated rings. The minimum Gasteiger partial charge on any atom is -0.459 e. The average Bonchev–Trinajstić information content (AvgIpc) is 3.36. The summed E-state index contributed by atoms with van der Waals surface area (Å²) in [4.78, 5) is 25.7. The van der Waals surface area contributed by atoms with Gasteiger partial charge in [0.1, 0.15) is 5.82 Å². The van der Waals surface area contributed by atoms with Crippen molar-refractivity contribution in [2.45, 2.75) is 33.9 Å². The molecule has 1 aliphatic heterocycles. The molecule has 0 aliphatic carbocycles. The lowest BCUT2D eigenvalue weighted by Gasteiger charge is -2.17. The molecule has 1 aliphatic rings. The third-order valence-electron chi connectivity index (χ3n) is 4.90. The van der Waals surface area contributed by atoms with Crippen molar-refractivity contribution in [3.05, 3.63) is 65.1 Å². The van der Waals surface area contributed by atoms with Crippen molar-refractivity contribution < 1.29 is 14.3 Å². The van der Waals surface area contributed by atoms with Crippen molar-refractivity contribution in [2.24, 2.45) is 0 Å². The Labute approximate surface area is 163 Å². The highest BCUT2D eigenvalue weighted by molar-refractivity contribution is 6.32. The average molecular weight is 378 g/mol. The Morgan fingerprint density at radius 1 is 1.14 bits per heavy atom. The van der Waals surface area contributed by atoms with Crippen molar-refractivity contribution in [3.63, 3.8) is 0 Å². The summed E-state index contributed by atoms with van der Waals surface area (Å²) in [5, 5.41) is 4.80.